The molecule has 0 amide bonds. The molecule has 0 atom stereocenters. The maximum Gasteiger partial charge on any atom is 0.138 e. The molecule has 2 rings (SSSR count). The van der Waals surface area contributed by atoms with E-state index in [0.717, 1.165) is 16.8 Å². The summed E-state index contributed by atoms with van der Waals surface area (Å²) >= 11 is 0. The van der Waals surface area contributed by atoms with Crippen LogP contribution in [0.3, 0.4) is 0 Å². The Bertz CT molecular complexity index is 381. The van der Waals surface area contributed by atoms with E-state index in [1.807, 2.05) is 25.3 Å². The van der Waals surface area contributed by atoms with Gasteiger partial charge < -0.3 is 9.72 Å². The number of nitrogens with one attached hydrogen (secondary N) is 1. The quantitative estimate of drug-likeness (QED) is 0.733. The molecule has 2 heterocycles. The molecule has 0 saturated carbocycles. The molecule has 1 N–H and O–H groups in total. The number of hydrogen-bond acceptors (Lipinski definition) is 2. The Morgan fingerprint density at radius 3 is 3.33 bits per heavy atom. The molecule has 62 valence electrons. The van der Waals surface area contributed by atoms with Crippen molar-refractivity contribution in [3.8, 4) is 5.75 Å². The minimum Gasteiger partial charge on any atom is -0.492 e. The summed E-state index contributed by atoms with van der Waals surface area (Å²) in [6.45, 7) is 2.64. The third kappa shape index (κ3) is 1.13. The van der Waals surface area contributed by atoms with Crippen LogP contribution in [0.4, 0.5) is 0 Å². The molecule has 3 heteroatoms. The van der Waals surface area contributed by atoms with Crippen molar-refractivity contribution in [2.75, 3.05) is 6.61 Å². The summed E-state index contributed by atoms with van der Waals surface area (Å²) < 4.78 is 5.31. The average molecular weight is 162 g/mol. The van der Waals surface area contributed by atoms with Gasteiger partial charge in [0.15, 0.2) is 0 Å². The van der Waals surface area contributed by atoms with E-state index in [4.69, 9.17) is 4.74 Å². The van der Waals surface area contributed by atoms with Crippen molar-refractivity contribution in [3.05, 3.63) is 24.5 Å². The first-order chi connectivity index (χ1) is 5.90. The van der Waals surface area contributed by atoms with Gasteiger partial charge in [-0.2, -0.15) is 0 Å². The van der Waals surface area contributed by atoms with Crippen LogP contribution in [0.15, 0.2) is 24.5 Å². The minimum atomic E-state index is 0.678. The average Bonchev–Trinajstić information content (AvgIpc) is 2.51. The first kappa shape index (κ1) is 7.16. The van der Waals surface area contributed by atoms with Crippen LogP contribution >= 0.6 is 0 Å². The zero-order valence-corrected chi connectivity index (χ0v) is 6.87. The standard InChI is InChI=1S/C9H10N2O/c1-2-12-8-5-7-3-4-10-9(7)11-6-8/h3-6H,2H2,1H3,(H,10,11). The Hall–Kier alpha value is -1.51. The predicted octanol–water partition coefficient (Wildman–Crippen LogP) is 1.96. The summed E-state index contributed by atoms with van der Waals surface area (Å²) in [5.74, 6) is 0.824. The lowest BCUT2D eigenvalue weighted by Crippen LogP contribution is -1.91. The Morgan fingerprint density at radius 2 is 2.50 bits per heavy atom. The van der Waals surface area contributed by atoms with Crippen molar-refractivity contribution >= 4 is 11.0 Å². The number of aromatic nitrogens is 2. The number of aromatic amines is 1. The molecule has 3 nitrogen and oxygen atoms in total. The molecule has 0 aromatic carbocycles. The number of pyridine rings is 1. The van der Waals surface area contributed by atoms with Crippen molar-refractivity contribution in [1.82, 2.24) is 9.97 Å². The van der Waals surface area contributed by atoms with Crippen LogP contribution in [-0.4, -0.2) is 16.6 Å². The summed E-state index contributed by atoms with van der Waals surface area (Å²) in [5.41, 5.74) is 0.901. The Balaban J connectivity index is 2.46. The van der Waals surface area contributed by atoms with Gasteiger partial charge in [-0.25, -0.2) is 4.98 Å². The Morgan fingerprint density at radius 1 is 1.58 bits per heavy atom. The van der Waals surface area contributed by atoms with Gasteiger partial charge in [0.2, 0.25) is 0 Å². The van der Waals surface area contributed by atoms with E-state index in [1.165, 1.54) is 0 Å². The highest BCUT2D eigenvalue weighted by Gasteiger charge is 1.97. The molecule has 0 bridgehead atoms. The van der Waals surface area contributed by atoms with Crippen LogP contribution in [0.2, 0.25) is 0 Å². The molecule has 0 unspecified atom stereocenters. The van der Waals surface area contributed by atoms with E-state index < -0.39 is 0 Å². The van der Waals surface area contributed by atoms with Crippen molar-refractivity contribution in [2.24, 2.45) is 0 Å². The van der Waals surface area contributed by atoms with Crippen molar-refractivity contribution in [1.29, 1.82) is 0 Å². The molecule has 12 heavy (non-hydrogen) atoms. The van der Waals surface area contributed by atoms with Crippen LogP contribution in [0.5, 0.6) is 5.75 Å². The van der Waals surface area contributed by atoms with Gasteiger partial charge in [0.25, 0.3) is 0 Å². The fourth-order valence-electron chi connectivity index (χ4n) is 1.17. The van der Waals surface area contributed by atoms with E-state index in [0.29, 0.717) is 6.61 Å². The second-order valence-electron chi connectivity index (χ2n) is 2.52. The summed E-state index contributed by atoms with van der Waals surface area (Å²) in [5, 5.41) is 1.08. The van der Waals surface area contributed by atoms with Crippen LogP contribution < -0.4 is 4.74 Å². The van der Waals surface area contributed by atoms with Crippen LogP contribution in [-0.2, 0) is 0 Å². The molecular weight excluding hydrogens is 152 g/mol. The van der Waals surface area contributed by atoms with E-state index in [9.17, 15) is 0 Å². The summed E-state index contributed by atoms with van der Waals surface area (Å²) in [7, 11) is 0. The van der Waals surface area contributed by atoms with Gasteiger partial charge in [0.05, 0.1) is 12.8 Å². The van der Waals surface area contributed by atoms with Gasteiger partial charge >= 0.3 is 0 Å². The monoisotopic (exact) mass is 162 g/mol. The van der Waals surface area contributed by atoms with Crippen molar-refractivity contribution < 1.29 is 4.74 Å². The summed E-state index contributed by atoms with van der Waals surface area (Å²) in [4.78, 5) is 7.20. The second-order valence-corrected chi connectivity index (χ2v) is 2.52. The largest absolute Gasteiger partial charge is 0.492 e. The maximum atomic E-state index is 5.31. The predicted molar refractivity (Wildman–Crippen MR) is 47.3 cm³/mol. The van der Waals surface area contributed by atoms with Crippen molar-refractivity contribution in [3.63, 3.8) is 0 Å². The molecule has 0 aliphatic rings. The Kier molecular flexibility index (Phi) is 1.70. The highest BCUT2D eigenvalue weighted by molar-refractivity contribution is 5.76. The van der Waals surface area contributed by atoms with Gasteiger partial charge in [0.1, 0.15) is 11.4 Å². The third-order valence-electron chi connectivity index (χ3n) is 1.69. The summed E-state index contributed by atoms with van der Waals surface area (Å²) in [6, 6.07) is 3.95. The van der Waals surface area contributed by atoms with Crippen molar-refractivity contribution in [2.45, 2.75) is 6.92 Å². The number of fused-ring (bicyclic) bond motifs is 1. The first-order valence-corrected chi connectivity index (χ1v) is 3.96. The lowest BCUT2D eigenvalue weighted by atomic mass is 10.3. The van der Waals surface area contributed by atoms with Gasteiger partial charge in [0, 0.05) is 11.6 Å². The fourth-order valence-corrected chi connectivity index (χ4v) is 1.17. The molecule has 0 saturated heterocycles. The second kappa shape index (κ2) is 2.85. The molecule has 0 radical (unpaired) electrons. The molecule has 2 aromatic heterocycles. The summed E-state index contributed by atoms with van der Waals surface area (Å²) in [6.07, 6.45) is 3.59. The molecule has 0 fully saturated rings. The van der Waals surface area contributed by atoms with Gasteiger partial charge in [-0.15, -0.1) is 0 Å². The Labute approximate surface area is 70.4 Å². The topological polar surface area (TPSA) is 37.9 Å². The normalized spacial score (nSPS) is 10.4. The van der Waals surface area contributed by atoms with E-state index in [1.54, 1.807) is 6.20 Å². The zero-order chi connectivity index (χ0) is 8.39. The number of ether oxygens (including phenoxy) is 1. The molecule has 0 spiro atoms. The van der Waals surface area contributed by atoms with Crippen LogP contribution in [0.25, 0.3) is 11.0 Å². The lowest BCUT2D eigenvalue weighted by Gasteiger charge is -2.00. The molecular formula is C9H10N2O. The zero-order valence-electron chi connectivity index (χ0n) is 6.87. The lowest BCUT2D eigenvalue weighted by molar-refractivity contribution is 0.339. The number of H-pyrrole nitrogens is 1. The number of rotatable bonds is 2. The highest BCUT2D eigenvalue weighted by atomic mass is 16.5. The van der Waals surface area contributed by atoms with E-state index in [-0.39, 0.29) is 0 Å². The van der Waals surface area contributed by atoms with Gasteiger partial charge in [-0.05, 0) is 19.1 Å². The SMILES string of the molecule is CCOc1cnc2[nH]ccc2c1. The molecule has 0 aliphatic carbocycles. The van der Waals surface area contributed by atoms with Gasteiger partial charge in [-0.3, -0.25) is 0 Å². The van der Waals surface area contributed by atoms with Crippen LogP contribution in [0.1, 0.15) is 6.92 Å². The fraction of sp³-hybridized carbons (Fsp3) is 0.222. The minimum absolute atomic E-state index is 0.678. The van der Waals surface area contributed by atoms with Crippen LogP contribution in [0, 0.1) is 0 Å². The van der Waals surface area contributed by atoms with E-state index >= 15 is 0 Å². The number of hydrogen-bond donors (Lipinski definition) is 1. The molecule has 0 aliphatic heterocycles. The smallest absolute Gasteiger partial charge is 0.138 e. The molecule has 2 aromatic rings. The highest BCUT2D eigenvalue weighted by Crippen LogP contribution is 2.16. The number of nitrogens with zero attached hydrogens (tertiary/aromatic N) is 1. The first-order valence-electron chi connectivity index (χ1n) is 3.96. The third-order valence-corrected chi connectivity index (χ3v) is 1.69. The maximum absolute atomic E-state index is 5.31. The van der Waals surface area contributed by atoms with E-state index in [2.05, 4.69) is 9.97 Å². The van der Waals surface area contributed by atoms with Gasteiger partial charge in [-0.1, -0.05) is 0 Å².